The summed E-state index contributed by atoms with van der Waals surface area (Å²) in [5, 5.41) is 3.32. The van der Waals surface area contributed by atoms with Crippen LogP contribution < -0.4 is 5.32 Å². The van der Waals surface area contributed by atoms with Crippen molar-refractivity contribution in [2.24, 2.45) is 17.3 Å². The van der Waals surface area contributed by atoms with E-state index in [-0.39, 0.29) is 17.4 Å². The van der Waals surface area contributed by atoms with Gasteiger partial charge in [-0.15, -0.1) is 0 Å². The summed E-state index contributed by atoms with van der Waals surface area (Å²) >= 11 is 0. The molecule has 0 aliphatic heterocycles. The molecule has 1 aromatic heterocycles. The van der Waals surface area contributed by atoms with Crippen molar-refractivity contribution in [1.82, 2.24) is 15.3 Å². The van der Waals surface area contributed by atoms with Gasteiger partial charge in [0.1, 0.15) is 0 Å². The number of aromatic nitrogens is 2. The fourth-order valence-electron chi connectivity index (χ4n) is 6.25. The first-order chi connectivity index (χ1) is 12.5. The number of methoxy groups -OCH3 is 1. The normalized spacial score (nSPS) is 34.8. The Balaban J connectivity index is 1.44. The van der Waals surface area contributed by atoms with E-state index < -0.39 is 5.41 Å². The lowest BCUT2D eigenvalue weighted by Crippen LogP contribution is -2.64. The van der Waals surface area contributed by atoms with Crippen molar-refractivity contribution in [2.45, 2.75) is 44.1 Å². The Morgan fingerprint density at radius 1 is 1.23 bits per heavy atom. The Morgan fingerprint density at radius 2 is 2.00 bits per heavy atom. The van der Waals surface area contributed by atoms with Gasteiger partial charge in [0, 0.05) is 11.1 Å². The number of carbonyl (C=O) groups is 2. The minimum atomic E-state index is -0.403. The summed E-state index contributed by atoms with van der Waals surface area (Å²) in [5.74, 6) is 0.851. The van der Waals surface area contributed by atoms with E-state index in [1.165, 1.54) is 13.5 Å². The highest BCUT2D eigenvalue weighted by Crippen LogP contribution is 2.62. The van der Waals surface area contributed by atoms with Crippen LogP contribution in [0.4, 0.5) is 0 Å². The molecule has 1 aromatic carbocycles. The number of fused-ring (bicyclic) bond motifs is 1. The predicted molar refractivity (Wildman–Crippen MR) is 95.4 cm³/mol. The minimum absolute atomic E-state index is 0.0662. The number of nitrogens with zero attached hydrogens (tertiary/aromatic N) is 1. The highest BCUT2D eigenvalue weighted by molar-refractivity contribution is 5.97. The molecule has 2 aromatic rings. The molecule has 2 N–H and O–H groups in total. The summed E-state index contributed by atoms with van der Waals surface area (Å²) < 4.78 is 5.15. The number of rotatable bonds is 3. The van der Waals surface area contributed by atoms with Crippen LogP contribution in [0.2, 0.25) is 0 Å². The molecular formula is C20H23N3O3. The average molecular weight is 353 g/mol. The summed E-state index contributed by atoms with van der Waals surface area (Å²) in [6, 6.07) is 5.51. The number of nitrogens with one attached hydrogen (secondary N) is 2. The van der Waals surface area contributed by atoms with Gasteiger partial charge in [-0.05, 0) is 68.6 Å². The zero-order valence-corrected chi connectivity index (χ0v) is 14.9. The van der Waals surface area contributed by atoms with Crippen LogP contribution in [-0.2, 0) is 9.53 Å². The van der Waals surface area contributed by atoms with Gasteiger partial charge in [0.05, 0.1) is 29.9 Å². The summed E-state index contributed by atoms with van der Waals surface area (Å²) in [6.45, 7) is 0. The minimum Gasteiger partial charge on any atom is -0.469 e. The van der Waals surface area contributed by atoms with Crippen molar-refractivity contribution >= 4 is 22.9 Å². The average Bonchev–Trinajstić information content (AvgIpc) is 3.07. The van der Waals surface area contributed by atoms with Crippen LogP contribution in [0.5, 0.6) is 0 Å². The summed E-state index contributed by atoms with van der Waals surface area (Å²) in [4.78, 5) is 32.8. The number of aromatic amines is 1. The lowest BCUT2D eigenvalue weighted by atomic mass is 9.47. The topological polar surface area (TPSA) is 84.1 Å². The van der Waals surface area contributed by atoms with Crippen LogP contribution in [0.15, 0.2) is 24.5 Å². The largest absolute Gasteiger partial charge is 0.469 e. The second-order valence-electron chi connectivity index (χ2n) is 8.60. The summed E-state index contributed by atoms with van der Waals surface area (Å²) in [7, 11) is 1.48. The van der Waals surface area contributed by atoms with Crippen LogP contribution in [-0.4, -0.2) is 34.5 Å². The number of amides is 1. The fraction of sp³-hybridized carbons (Fsp3) is 0.550. The number of ether oxygens (including phenoxy) is 1. The molecule has 1 heterocycles. The lowest BCUT2D eigenvalue weighted by molar-refractivity contribution is -0.171. The van der Waals surface area contributed by atoms with Crippen LogP contribution in [0.1, 0.15) is 48.9 Å². The Hall–Kier alpha value is -2.37. The molecule has 4 aliphatic carbocycles. The summed E-state index contributed by atoms with van der Waals surface area (Å²) in [6.07, 6.45) is 7.28. The third-order valence-corrected chi connectivity index (χ3v) is 6.74. The Morgan fingerprint density at radius 3 is 2.73 bits per heavy atom. The molecule has 6 heteroatoms. The first-order valence-electron chi connectivity index (χ1n) is 9.35. The zero-order chi connectivity index (χ0) is 17.9. The van der Waals surface area contributed by atoms with Crippen molar-refractivity contribution in [3.05, 3.63) is 30.1 Å². The van der Waals surface area contributed by atoms with Crippen LogP contribution in [0, 0.1) is 17.3 Å². The molecule has 0 saturated heterocycles. The van der Waals surface area contributed by atoms with Gasteiger partial charge in [-0.2, -0.15) is 0 Å². The van der Waals surface area contributed by atoms with Gasteiger partial charge in [0.15, 0.2) is 0 Å². The van der Waals surface area contributed by atoms with E-state index in [9.17, 15) is 9.59 Å². The van der Waals surface area contributed by atoms with Crippen molar-refractivity contribution in [1.29, 1.82) is 0 Å². The second kappa shape index (κ2) is 5.32. The molecule has 26 heavy (non-hydrogen) atoms. The molecule has 0 spiro atoms. The lowest BCUT2D eigenvalue weighted by Gasteiger charge is -2.60. The van der Waals surface area contributed by atoms with E-state index in [1.54, 1.807) is 6.33 Å². The molecule has 6 nitrogen and oxygen atoms in total. The van der Waals surface area contributed by atoms with Gasteiger partial charge in [-0.25, -0.2) is 4.98 Å². The van der Waals surface area contributed by atoms with Gasteiger partial charge in [0.25, 0.3) is 5.91 Å². The Labute approximate surface area is 151 Å². The van der Waals surface area contributed by atoms with Crippen molar-refractivity contribution in [3.63, 3.8) is 0 Å². The van der Waals surface area contributed by atoms with E-state index >= 15 is 0 Å². The van der Waals surface area contributed by atoms with Gasteiger partial charge < -0.3 is 15.0 Å². The molecular weight excluding hydrogens is 330 g/mol. The number of H-pyrrole nitrogens is 1. The van der Waals surface area contributed by atoms with Crippen molar-refractivity contribution in [3.8, 4) is 0 Å². The molecule has 6 rings (SSSR count). The SMILES string of the molecule is COC(=O)C12CC3CC(CC(NC(=O)c4ccc5nc[nH]c5c4)(C3)C1)C2. The maximum atomic E-state index is 13.0. The highest BCUT2D eigenvalue weighted by Gasteiger charge is 2.61. The molecule has 4 fully saturated rings. The van der Waals surface area contributed by atoms with Crippen LogP contribution >= 0.6 is 0 Å². The number of benzene rings is 1. The van der Waals surface area contributed by atoms with Crippen molar-refractivity contribution in [2.75, 3.05) is 7.11 Å². The quantitative estimate of drug-likeness (QED) is 0.831. The molecule has 4 bridgehead atoms. The maximum Gasteiger partial charge on any atom is 0.311 e. The molecule has 136 valence electrons. The molecule has 2 atom stereocenters. The first-order valence-corrected chi connectivity index (χ1v) is 9.35. The Kier molecular flexibility index (Phi) is 3.24. The number of esters is 1. The second-order valence-corrected chi connectivity index (χ2v) is 8.60. The van der Waals surface area contributed by atoms with E-state index in [2.05, 4.69) is 15.3 Å². The van der Waals surface area contributed by atoms with Crippen LogP contribution in [0.25, 0.3) is 11.0 Å². The molecule has 0 radical (unpaired) electrons. The molecule has 2 unspecified atom stereocenters. The van der Waals surface area contributed by atoms with Gasteiger partial charge >= 0.3 is 5.97 Å². The Bertz CT molecular complexity index is 889. The van der Waals surface area contributed by atoms with E-state index in [4.69, 9.17) is 4.74 Å². The van der Waals surface area contributed by atoms with E-state index in [1.807, 2.05) is 18.2 Å². The third kappa shape index (κ3) is 2.27. The van der Waals surface area contributed by atoms with Crippen LogP contribution in [0.3, 0.4) is 0 Å². The monoisotopic (exact) mass is 353 g/mol. The van der Waals surface area contributed by atoms with Gasteiger partial charge in [-0.1, -0.05) is 0 Å². The standard InChI is InChI=1S/C20H23N3O3/c1-26-18(25)19-6-12-4-13(7-19)9-20(8-12,10-19)23-17(24)14-2-3-15-16(5-14)22-11-21-15/h2-3,5,11-13H,4,6-10H2,1H3,(H,21,22)(H,23,24). The first kappa shape index (κ1) is 15.9. The van der Waals surface area contributed by atoms with Crippen molar-refractivity contribution < 1.29 is 14.3 Å². The maximum absolute atomic E-state index is 13.0. The number of carbonyl (C=O) groups excluding carboxylic acids is 2. The molecule has 4 aliphatic rings. The predicted octanol–water partition coefficient (Wildman–Crippen LogP) is 2.80. The number of hydrogen-bond acceptors (Lipinski definition) is 4. The fourth-order valence-corrected chi connectivity index (χ4v) is 6.25. The molecule has 1 amide bonds. The number of hydrogen-bond donors (Lipinski definition) is 2. The highest BCUT2D eigenvalue weighted by atomic mass is 16.5. The smallest absolute Gasteiger partial charge is 0.311 e. The molecule has 4 saturated carbocycles. The number of imidazole rings is 1. The van der Waals surface area contributed by atoms with Gasteiger partial charge in [0.2, 0.25) is 0 Å². The van der Waals surface area contributed by atoms with Gasteiger partial charge in [-0.3, -0.25) is 9.59 Å². The van der Waals surface area contributed by atoms with E-state index in [0.717, 1.165) is 36.7 Å². The zero-order valence-electron chi connectivity index (χ0n) is 14.9. The third-order valence-electron chi connectivity index (χ3n) is 6.74. The van der Waals surface area contributed by atoms with E-state index in [0.29, 0.717) is 23.8 Å². The summed E-state index contributed by atoms with van der Waals surface area (Å²) in [5.41, 5.74) is 1.65.